The lowest BCUT2D eigenvalue weighted by atomic mass is 10.3. The molecule has 0 aliphatic heterocycles. The largest absolute Gasteiger partial charge is 0.318 e. The van der Waals surface area contributed by atoms with Crippen LogP contribution in [0, 0.1) is 0 Å². The highest BCUT2D eigenvalue weighted by molar-refractivity contribution is 7.11. The summed E-state index contributed by atoms with van der Waals surface area (Å²) in [6, 6.07) is 4.01. The molecule has 2 rings (SSSR count). The van der Waals surface area contributed by atoms with Gasteiger partial charge < -0.3 is 5.73 Å². The van der Waals surface area contributed by atoms with Crippen molar-refractivity contribution < 1.29 is 0 Å². The predicted molar refractivity (Wildman–Crippen MR) is 52.5 cm³/mol. The third-order valence-electron chi connectivity index (χ3n) is 1.57. The van der Waals surface area contributed by atoms with E-state index in [1.165, 1.54) is 4.88 Å². The Hall–Kier alpha value is -0.710. The lowest BCUT2D eigenvalue weighted by Gasteiger charge is -2.03. The van der Waals surface area contributed by atoms with Crippen molar-refractivity contribution in [2.24, 2.45) is 5.73 Å². The minimum Gasteiger partial charge on any atom is -0.318 e. The topological polar surface area (TPSA) is 38.9 Å². The Morgan fingerprint density at radius 3 is 2.83 bits per heavy atom. The molecule has 0 saturated heterocycles. The second-order valence-corrected chi connectivity index (χ2v) is 4.27. The van der Waals surface area contributed by atoms with Gasteiger partial charge in [0, 0.05) is 16.5 Å². The number of hydrogen-bond donors (Lipinski definition) is 1. The fraction of sp³-hybridized carbons (Fsp3) is 0.125. The number of rotatable bonds is 2. The minimum atomic E-state index is -0.0370. The lowest BCUT2D eigenvalue weighted by Crippen LogP contribution is -2.09. The van der Waals surface area contributed by atoms with Crippen molar-refractivity contribution in [2.75, 3.05) is 0 Å². The molecular weight excluding hydrogens is 188 g/mol. The van der Waals surface area contributed by atoms with Crippen LogP contribution in [0.1, 0.15) is 15.9 Å². The van der Waals surface area contributed by atoms with E-state index in [4.69, 9.17) is 5.73 Å². The van der Waals surface area contributed by atoms with Gasteiger partial charge in [-0.05, 0) is 11.4 Å². The van der Waals surface area contributed by atoms with E-state index in [9.17, 15) is 0 Å². The molecular formula is C8H8N2S2. The predicted octanol–water partition coefficient (Wildman–Crippen LogP) is 2.25. The first-order valence-corrected chi connectivity index (χ1v) is 5.32. The summed E-state index contributed by atoms with van der Waals surface area (Å²) in [5.74, 6) is 0. The zero-order valence-electron chi connectivity index (χ0n) is 6.31. The Balaban J connectivity index is 2.27. The molecule has 0 aliphatic rings. The second-order valence-electron chi connectivity index (χ2n) is 2.36. The summed E-state index contributed by atoms with van der Waals surface area (Å²) >= 11 is 3.27. The molecule has 0 spiro atoms. The highest BCUT2D eigenvalue weighted by Crippen LogP contribution is 2.24. The molecule has 4 heteroatoms. The van der Waals surface area contributed by atoms with Gasteiger partial charge in [0.05, 0.1) is 6.04 Å². The van der Waals surface area contributed by atoms with E-state index in [0.29, 0.717) is 0 Å². The average Bonchev–Trinajstić information content (AvgIpc) is 2.77. The number of aromatic nitrogens is 1. The number of nitrogens with zero attached hydrogens (tertiary/aromatic N) is 1. The van der Waals surface area contributed by atoms with Crippen molar-refractivity contribution in [3.63, 3.8) is 0 Å². The molecule has 0 fully saturated rings. The van der Waals surface area contributed by atoms with Crippen LogP contribution in [0.5, 0.6) is 0 Å². The van der Waals surface area contributed by atoms with Crippen molar-refractivity contribution in [1.29, 1.82) is 0 Å². The van der Waals surface area contributed by atoms with Gasteiger partial charge in [0.25, 0.3) is 0 Å². The molecule has 2 aromatic heterocycles. The Bertz CT molecular complexity index is 292. The van der Waals surface area contributed by atoms with Crippen LogP contribution < -0.4 is 5.73 Å². The van der Waals surface area contributed by atoms with E-state index in [1.807, 2.05) is 22.9 Å². The summed E-state index contributed by atoms with van der Waals surface area (Å²) < 4.78 is 0. The molecule has 2 aromatic rings. The first-order valence-electron chi connectivity index (χ1n) is 3.56. The SMILES string of the molecule is NC(c1cccs1)c1nccs1. The van der Waals surface area contributed by atoms with Crippen molar-refractivity contribution in [3.8, 4) is 0 Å². The molecule has 62 valence electrons. The van der Waals surface area contributed by atoms with E-state index in [2.05, 4.69) is 4.98 Å². The molecule has 2 heterocycles. The van der Waals surface area contributed by atoms with E-state index < -0.39 is 0 Å². The molecule has 2 nitrogen and oxygen atoms in total. The van der Waals surface area contributed by atoms with Gasteiger partial charge in [0.2, 0.25) is 0 Å². The third kappa shape index (κ3) is 1.41. The van der Waals surface area contributed by atoms with Crippen LogP contribution >= 0.6 is 22.7 Å². The number of thiophene rings is 1. The molecule has 0 amide bonds. The first-order chi connectivity index (χ1) is 5.88. The highest BCUT2D eigenvalue weighted by Gasteiger charge is 2.11. The normalized spacial score (nSPS) is 13.1. The van der Waals surface area contributed by atoms with Crippen molar-refractivity contribution in [1.82, 2.24) is 4.98 Å². The van der Waals surface area contributed by atoms with Gasteiger partial charge in [-0.1, -0.05) is 6.07 Å². The first kappa shape index (κ1) is 7.91. The quantitative estimate of drug-likeness (QED) is 0.800. The zero-order valence-corrected chi connectivity index (χ0v) is 7.94. The van der Waals surface area contributed by atoms with Gasteiger partial charge >= 0.3 is 0 Å². The molecule has 0 aromatic carbocycles. The minimum absolute atomic E-state index is 0.0370. The Morgan fingerprint density at radius 1 is 1.33 bits per heavy atom. The van der Waals surface area contributed by atoms with E-state index in [-0.39, 0.29) is 6.04 Å². The summed E-state index contributed by atoms with van der Waals surface area (Å²) in [5, 5.41) is 4.96. The Kier molecular flexibility index (Phi) is 2.21. The lowest BCUT2D eigenvalue weighted by molar-refractivity contribution is 0.878. The van der Waals surface area contributed by atoms with Crippen LogP contribution in [-0.4, -0.2) is 4.98 Å². The van der Waals surface area contributed by atoms with Gasteiger partial charge in [-0.15, -0.1) is 22.7 Å². The smallest absolute Gasteiger partial charge is 0.115 e. The maximum atomic E-state index is 5.96. The van der Waals surface area contributed by atoms with Crippen LogP contribution in [0.3, 0.4) is 0 Å². The van der Waals surface area contributed by atoms with Crippen molar-refractivity contribution in [2.45, 2.75) is 6.04 Å². The van der Waals surface area contributed by atoms with Gasteiger partial charge in [-0.25, -0.2) is 4.98 Å². The summed E-state index contributed by atoms with van der Waals surface area (Å²) in [4.78, 5) is 5.34. The summed E-state index contributed by atoms with van der Waals surface area (Å²) in [6.45, 7) is 0. The summed E-state index contributed by atoms with van der Waals surface area (Å²) in [5.41, 5.74) is 5.96. The van der Waals surface area contributed by atoms with Gasteiger partial charge in [-0.2, -0.15) is 0 Å². The molecule has 12 heavy (non-hydrogen) atoms. The van der Waals surface area contributed by atoms with Gasteiger partial charge in [-0.3, -0.25) is 0 Å². The number of hydrogen-bond acceptors (Lipinski definition) is 4. The maximum Gasteiger partial charge on any atom is 0.115 e. The fourth-order valence-corrected chi connectivity index (χ4v) is 2.44. The highest BCUT2D eigenvalue weighted by atomic mass is 32.1. The van der Waals surface area contributed by atoms with Crippen LogP contribution in [0.15, 0.2) is 29.1 Å². The van der Waals surface area contributed by atoms with Crippen LogP contribution in [-0.2, 0) is 0 Å². The van der Waals surface area contributed by atoms with E-state index >= 15 is 0 Å². The van der Waals surface area contributed by atoms with Crippen LogP contribution in [0.2, 0.25) is 0 Å². The Morgan fingerprint density at radius 2 is 2.25 bits per heavy atom. The molecule has 2 N–H and O–H groups in total. The third-order valence-corrected chi connectivity index (χ3v) is 3.38. The fourth-order valence-electron chi connectivity index (χ4n) is 0.978. The summed E-state index contributed by atoms with van der Waals surface area (Å²) in [6.07, 6.45) is 1.79. The molecule has 0 radical (unpaired) electrons. The molecule has 0 bridgehead atoms. The molecule has 0 aliphatic carbocycles. The van der Waals surface area contributed by atoms with Crippen LogP contribution in [0.25, 0.3) is 0 Å². The number of nitrogens with two attached hydrogens (primary N) is 1. The average molecular weight is 196 g/mol. The molecule has 1 atom stereocenters. The Labute approximate surface area is 78.7 Å². The molecule has 1 unspecified atom stereocenters. The van der Waals surface area contributed by atoms with Crippen molar-refractivity contribution >= 4 is 22.7 Å². The summed E-state index contributed by atoms with van der Waals surface area (Å²) in [7, 11) is 0. The van der Waals surface area contributed by atoms with Gasteiger partial charge in [0.1, 0.15) is 5.01 Å². The van der Waals surface area contributed by atoms with E-state index in [1.54, 1.807) is 28.9 Å². The van der Waals surface area contributed by atoms with Gasteiger partial charge in [0.15, 0.2) is 0 Å². The zero-order chi connectivity index (χ0) is 8.39. The maximum absolute atomic E-state index is 5.96. The monoisotopic (exact) mass is 196 g/mol. The number of thiazole rings is 1. The van der Waals surface area contributed by atoms with Crippen LogP contribution in [0.4, 0.5) is 0 Å². The second kappa shape index (κ2) is 3.35. The van der Waals surface area contributed by atoms with Crippen molar-refractivity contribution in [3.05, 3.63) is 39.0 Å². The van der Waals surface area contributed by atoms with E-state index in [0.717, 1.165) is 5.01 Å². The standard InChI is InChI=1S/C8H8N2S2/c9-7(6-2-1-4-11-6)8-10-3-5-12-8/h1-5,7H,9H2. The molecule has 0 saturated carbocycles.